The average molecular weight is 640 g/mol. The Morgan fingerprint density at radius 2 is 1.80 bits per heavy atom. The summed E-state index contributed by atoms with van der Waals surface area (Å²) >= 11 is 1.12. The van der Waals surface area contributed by atoms with Gasteiger partial charge in [-0.1, -0.05) is 53.8 Å². The highest BCUT2D eigenvalue weighted by atomic mass is 32.1. The lowest BCUT2D eigenvalue weighted by Gasteiger charge is -2.26. The van der Waals surface area contributed by atoms with Gasteiger partial charge in [-0.15, -0.1) is 0 Å². The Bertz CT molecular complexity index is 2170. The maximum Gasteiger partial charge on any atom is 0.338 e. The van der Waals surface area contributed by atoms with Crippen LogP contribution < -0.4 is 19.6 Å². The van der Waals surface area contributed by atoms with Crippen LogP contribution in [0.5, 0.6) is 5.75 Å². The molecule has 0 aliphatic carbocycles. The van der Waals surface area contributed by atoms with Gasteiger partial charge < -0.3 is 13.9 Å². The van der Waals surface area contributed by atoms with Crippen LogP contribution in [0.15, 0.2) is 105 Å². The van der Waals surface area contributed by atoms with Gasteiger partial charge in [-0.05, 0) is 55.8 Å². The van der Waals surface area contributed by atoms with Crippen LogP contribution in [0.1, 0.15) is 36.8 Å². The maximum atomic E-state index is 14.1. The van der Waals surface area contributed by atoms with Crippen molar-refractivity contribution in [3.63, 3.8) is 0 Å². The quantitative estimate of drug-likeness (QED) is 0.116. The fourth-order valence-corrected chi connectivity index (χ4v) is 6.17. The molecule has 46 heavy (non-hydrogen) atoms. The van der Waals surface area contributed by atoms with Gasteiger partial charge in [0.2, 0.25) is 5.82 Å². The first-order valence-corrected chi connectivity index (χ1v) is 15.2. The standard InChI is InChI=1S/C34H26FN3O7S/c1-3-43-23-13-10-21(11-14-23)31-29(33(40)44-4-2)30(20-8-6-5-7-9-20)36-34-37(31)32(39)28(46-34)19-24-15-17-27(45-24)22-12-16-25(35)26(18-22)38(41)42/h5-19,31H,3-4H2,1-2H3/b28-19-/t31-/m0/s1. The van der Waals surface area contributed by atoms with Crippen molar-refractivity contribution in [1.29, 1.82) is 0 Å². The topological polar surface area (TPSA) is 126 Å². The van der Waals surface area contributed by atoms with Crippen LogP contribution >= 0.6 is 11.3 Å². The lowest BCUT2D eigenvalue weighted by atomic mass is 9.93. The maximum absolute atomic E-state index is 14.1. The Balaban J connectivity index is 1.52. The van der Waals surface area contributed by atoms with E-state index in [1.54, 1.807) is 43.3 Å². The monoisotopic (exact) mass is 639 g/mol. The second-order valence-electron chi connectivity index (χ2n) is 10.1. The van der Waals surface area contributed by atoms with E-state index in [0.29, 0.717) is 39.5 Å². The van der Waals surface area contributed by atoms with Gasteiger partial charge >= 0.3 is 11.7 Å². The molecule has 1 aliphatic rings. The van der Waals surface area contributed by atoms with Gasteiger partial charge in [0.25, 0.3) is 5.56 Å². The molecular formula is C34H26FN3O7S. The largest absolute Gasteiger partial charge is 0.494 e. The summed E-state index contributed by atoms with van der Waals surface area (Å²) in [5.74, 6) is -0.366. The number of benzene rings is 3. The number of carbonyl (C=O) groups is 1. The molecule has 0 spiro atoms. The number of hydrogen-bond acceptors (Lipinski definition) is 9. The molecule has 0 bridgehead atoms. The number of halogens is 1. The van der Waals surface area contributed by atoms with Crippen LogP contribution in [-0.4, -0.2) is 28.7 Å². The first-order chi connectivity index (χ1) is 22.3. The number of carbonyl (C=O) groups excluding carboxylic acids is 1. The number of nitro groups is 1. The van der Waals surface area contributed by atoms with Gasteiger partial charge in [0.1, 0.15) is 17.3 Å². The first kappa shape index (κ1) is 30.4. The number of rotatable bonds is 9. The number of esters is 1. The van der Waals surface area contributed by atoms with Crippen LogP contribution in [0.4, 0.5) is 10.1 Å². The molecule has 1 atom stereocenters. The Kier molecular flexibility index (Phi) is 8.45. The zero-order valence-electron chi connectivity index (χ0n) is 24.6. The molecule has 0 saturated carbocycles. The number of ether oxygens (including phenoxy) is 2. The molecule has 5 aromatic rings. The molecule has 3 heterocycles. The smallest absolute Gasteiger partial charge is 0.338 e. The summed E-state index contributed by atoms with van der Waals surface area (Å²) in [5, 5.41) is 11.2. The molecule has 2 aromatic heterocycles. The van der Waals surface area contributed by atoms with E-state index in [2.05, 4.69) is 0 Å². The minimum Gasteiger partial charge on any atom is -0.494 e. The summed E-state index contributed by atoms with van der Waals surface area (Å²) in [6, 6.07) is 22.2. The van der Waals surface area contributed by atoms with Crippen molar-refractivity contribution in [1.82, 2.24) is 4.57 Å². The summed E-state index contributed by atoms with van der Waals surface area (Å²) in [4.78, 5) is 43.3. The Morgan fingerprint density at radius 1 is 1.04 bits per heavy atom. The fourth-order valence-electron chi connectivity index (χ4n) is 5.19. The van der Waals surface area contributed by atoms with Crippen LogP contribution in [0.3, 0.4) is 0 Å². The molecule has 0 unspecified atom stereocenters. The summed E-state index contributed by atoms with van der Waals surface area (Å²) in [5.41, 5.74) is 1.16. The highest BCUT2D eigenvalue weighted by Gasteiger charge is 2.35. The summed E-state index contributed by atoms with van der Waals surface area (Å²) in [6.45, 7) is 4.20. The molecule has 0 saturated heterocycles. The van der Waals surface area contributed by atoms with Crippen molar-refractivity contribution in [2.75, 3.05) is 13.2 Å². The average Bonchev–Trinajstić information content (AvgIpc) is 3.65. The van der Waals surface area contributed by atoms with E-state index in [4.69, 9.17) is 18.9 Å². The second kappa shape index (κ2) is 12.8. The van der Waals surface area contributed by atoms with E-state index in [9.17, 15) is 24.1 Å². The van der Waals surface area contributed by atoms with E-state index in [1.165, 1.54) is 16.7 Å². The van der Waals surface area contributed by atoms with E-state index in [0.717, 1.165) is 23.5 Å². The van der Waals surface area contributed by atoms with Crippen molar-refractivity contribution in [2.45, 2.75) is 19.9 Å². The highest BCUT2D eigenvalue weighted by Crippen LogP contribution is 2.36. The lowest BCUT2D eigenvalue weighted by molar-refractivity contribution is -0.387. The third kappa shape index (κ3) is 5.77. The van der Waals surface area contributed by atoms with E-state index in [1.807, 2.05) is 37.3 Å². The van der Waals surface area contributed by atoms with Gasteiger partial charge in [0.15, 0.2) is 4.80 Å². The van der Waals surface area contributed by atoms with Crippen molar-refractivity contribution in [3.05, 3.63) is 143 Å². The summed E-state index contributed by atoms with van der Waals surface area (Å²) < 4.78 is 32.6. The Labute approximate surface area is 265 Å². The Hall–Kier alpha value is -5.62. The van der Waals surface area contributed by atoms with Crippen molar-refractivity contribution < 1.29 is 28.0 Å². The molecule has 1 aliphatic heterocycles. The van der Waals surface area contributed by atoms with Crippen molar-refractivity contribution in [3.8, 4) is 17.1 Å². The van der Waals surface area contributed by atoms with Crippen molar-refractivity contribution in [2.24, 2.45) is 4.99 Å². The molecular weight excluding hydrogens is 613 g/mol. The third-order valence-electron chi connectivity index (χ3n) is 7.21. The van der Waals surface area contributed by atoms with Crippen LogP contribution in [0.25, 0.3) is 23.1 Å². The Morgan fingerprint density at radius 3 is 2.50 bits per heavy atom. The van der Waals surface area contributed by atoms with Crippen molar-refractivity contribution >= 4 is 34.8 Å². The molecule has 3 aromatic carbocycles. The molecule has 0 radical (unpaired) electrons. The summed E-state index contributed by atoms with van der Waals surface area (Å²) in [6.07, 6.45) is 1.54. The SMILES string of the molecule is CCOC(=O)C1=C(c2ccccc2)N=c2s/c(=C\c3ccc(-c4ccc(F)c([N+](=O)[O-])c4)o3)c(=O)n2[C@H]1c1ccc(OCC)cc1. The fraction of sp³-hybridized carbons (Fsp3) is 0.147. The minimum atomic E-state index is -0.958. The van der Waals surface area contributed by atoms with Gasteiger partial charge in [-0.25, -0.2) is 9.79 Å². The molecule has 12 heteroatoms. The molecule has 0 fully saturated rings. The first-order valence-electron chi connectivity index (χ1n) is 14.3. The minimum absolute atomic E-state index is 0.128. The van der Waals surface area contributed by atoms with Crippen LogP contribution in [0.2, 0.25) is 0 Å². The van der Waals surface area contributed by atoms with E-state index in [-0.39, 0.29) is 28.2 Å². The summed E-state index contributed by atoms with van der Waals surface area (Å²) in [7, 11) is 0. The number of nitro benzene ring substituents is 1. The molecule has 6 rings (SSSR count). The zero-order chi connectivity index (χ0) is 32.4. The van der Waals surface area contributed by atoms with Gasteiger partial charge in [0.05, 0.1) is 40.0 Å². The van der Waals surface area contributed by atoms with E-state index >= 15 is 0 Å². The third-order valence-corrected chi connectivity index (χ3v) is 8.19. The number of furan rings is 1. The molecule has 0 N–H and O–H groups in total. The van der Waals surface area contributed by atoms with Gasteiger partial charge in [0, 0.05) is 23.3 Å². The number of nitrogens with zero attached hydrogens (tertiary/aromatic N) is 3. The predicted octanol–water partition coefficient (Wildman–Crippen LogP) is 5.64. The molecule has 232 valence electrons. The van der Waals surface area contributed by atoms with Gasteiger partial charge in [-0.2, -0.15) is 4.39 Å². The lowest BCUT2D eigenvalue weighted by Crippen LogP contribution is -2.40. The zero-order valence-corrected chi connectivity index (χ0v) is 25.5. The van der Waals surface area contributed by atoms with Crippen LogP contribution in [0, 0.1) is 15.9 Å². The molecule has 0 amide bonds. The number of aromatic nitrogens is 1. The highest BCUT2D eigenvalue weighted by molar-refractivity contribution is 7.07. The predicted molar refractivity (Wildman–Crippen MR) is 169 cm³/mol. The number of thiazole rings is 1. The van der Waals surface area contributed by atoms with E-state index < -0.39 is 34.0 Å². The second-order valence-corrected chi connectivity index (χ2v) is 11.1. The van der Waals surface area contributed by atoms with Gasteiger partial charge in [-0.3, -0.25) is 19.5 Å². The van der Waals surface area contributed by atoms with Crippen LogP contribution in [-0.2, 0) is 9.53 Å². The normalized spacial score (nSPS) is 14.5. The number of hydrogen-bond donors (Lipinski definition) is 0. The number of fused-ring (bicyclic) bond motifs is 1. The molecule has 10 nitrogen and oxygen atoms in total.